The molecule has 0 unspecified atom stereocenters. The molecule has 0 saturated heterocycles. The maximum Gasteiger partial charge on any atom is 0.277 e. The Labute approximate surface area is 154 Å². The molecule has 6 heteroatoms. The highest BCUT2D eigenvalue weighted by Gasteiger charge is 2.40. The predicted molar refractivity (Wildman–Crippen MR) is 97.6 cm³/mol. The zero-order valence-corrected chi connectivity index (χ0v) is 15.1. The highest BCUT2D eigenvalue weighted by atomic mass is 35.5. The van der Waals surface area contributed by atoms with Crippen molar-refractivity contribution in [1.29, 1.82) is 0 Å². The van der Waals surface area contributed by atoms with Gasteiger partial charge in [-0.1, -0.05) is 58.6 Å². The van der Waals surface area contributed by atoms with Crippen LogP contribution in [0.3, 0.4) is 0 Å². The van der Waals surface area contributed by atoms with E-state index in [2.05, 4.69) is 0 Å². The molecule has 2 aromatic rings. The summed E-state index contributed by atoms with van der Waals surface area (Å²) in [5.74, 6) is -1.06. The Morgan fingerprint density at radius 2 is 1.58 bits per heavy atom. The first-order valence-corrected chi connectivity index (χ1v) is 8.26. The monoisotopic (exact) mass is 379 g/mol. The lowest BCUT2D eigenvalue weighted by Crippen LogP contribution is -2.31. The second kappa shape index (κ2) is 6.25. The summed E-state index contributed by atoms with van der Waals surface area (Å²) in [6, 6.07) is 10.2. The standard InChI is InChI=1S/C18H12Cl3NO2/c1-9-3-6-14(10(2)7-9)22-17(23)15(16(21)18(22)24)12-5-4-11(19)8-13(12)20/h3-8H,1-2H3. The van der Waals surface area contributed by atoms with Crippen molar-refractivity contribution in [2.45, 2.75) is 13.8 Å². The fraction of sp³-hybridized carbons (Fsp3) is 0.111. The van der Waals surface area contributed by atoms with E-state index < -0.39 is 11.8 Å². The molecule has 0 saturated carbocycles. The van der Waals surface area contributed by atoms with Gasteiger partial charge in [0.15, 0.2) is 0 Å². The summed E-state index contributed by atoms with van der Waals surface area (Å²) in [5, 5.41) is 0.548. The third-order valence-corrected chi connectivity index (χ3v) is 4.72. The Balaban J connectivity index is 2.11. The Morgan fingerprint density at radius 3 is 2.21 bits per heavy atom. The van der Waals surface area contributed by atoms with Gasteiger partial charge in [-0.15, -0.1) is 0 Å². The van der Waals surface area contributed by atoms with Gasteiger partial charge in [-0.05, 0) is 37.6 Å². The lowest BCUT2D eigenvalue weighted by atomic mass is 10.1. The minimum atomic E-state index is -0.561. The summed E-state index contributed by atoms with van der Waals surface area (Å²) < 4.78 is 0. The highest BCUT2D eigenvalue weighted by Crippen LogP contribution is 2.39. The van der Waals surface area contributed by atoms with Crippen LogP contribution in [0, 0.1) is 13.8 Å². The molecule has 1 heterocycles. The first-order chi connectivity index (χ1) is 11.3. The van der Waals surface area contributed by atoms with Crippen molar-refractivity contribution in [3.05, 3.63) is 68.2 Å². The molecule has 0 aliphatic carbocycles. The van der Waals surface area contributed by atoms with Crippen LogP contribution < -0.4 is 4.90 Å². The van der Waals surface area contributed by atoms with Gasteiger partial charge in [0.25, 0.3) is 11.8 Å². The van der Waals surface area contributed by atoms with Gasteiger partial charge < -0.3 is 0 Å². The highest BCUT2D eigenvalue weighted by molar-refractivity contribution is 6.61. The molecule has 1 aliphatic heterocycles. The molecule has 0 spiro atoms. The quantitative estimate of drug-likeness (QED) is 0.677. The predicted octanol–water partition coefficient (Wildman–Crippen LogP) is 5.13. The van der Waals surface area contributed by atoms with Crippen molar-refractivity contribution in [3.8, 4) is 0 Å². The first kappa shape index (κ1) is 17.0. The molecule has 3 nitrogen and oxygen atoms in total. The van der Waals surface area contributed by atoms with Crippen molar-refractivity contribution in [2.75, 3.05) is 4.90 Å². The van der Waals surface area contributed by atoms with Crippen LogP contribution in [0.15, 0.2) is 41.4 Å². The molecule has 0 atom stereocenters. The Bertz CT molecular complexity index is 918. The summed E-state index contributed by atoms with van der Waals surface area (Å²) in [6.07, 6.45) is 0. The van der Waals surface area contributed by atoms with Gasteiger partial charge in [0.05, 0.1) is 16.3 Å². The molecule has 0 radical (unpaired) electrons. The average Bonchev–Trinajstić information content (AvgIpc) is 2.71. The van der Waals surface area contributed by atoms with Gasteiger partial charge >= 0.3 is 0 Å². The van der Waals surface area contributed by atoms with E-state index in [0.717, 1.165) is 16.0 Å². The Kier molecular flexibility index (Phi) is 4.43. The molecule has 3 rings (SSSR count). The maximum atomic E-state index is 12.9. The summed E-state index contributed by atoms with van der Waals surface area (Å²) >= 11 is 18.2. The van der Waals surface area contributed by atoms with Crippen molar-refractivity contribution in [2.24, 2.45) is 0 Å². The van der Waals surface area contributed by atoms with E-state index in [-0.39, 0.29) is 15.6 Å². The molecule has 24 heavy (non-hydrogen) atoms. The number of carbonyl (C=O) groups is 2. The van der Waals surface area contributed by atoms with Crippen LogP contribution in [-0.4, -0.2) is 11.8 Å². The van der Waals surface area contributed by atoms with Gasteiger partial charge in [0.1, 0.15) is 5.03 Å². The number of carbonyl (C=O) groups excluding carboxylic acids is 2. The molecule has 122 valence electrons. The number of amides is 2. The largest absolute Gasteiger partial charge is 0.277 e. The van der Waals surface area contributed by atoms with E-state index >= 15 is 0 Å². The van der Waals surface area contributed by atoms with Crippen molar-refractivity contribution >= 4 is 57.9 Å². The summed E-state index contributed by atoms with van der Waals surface area (Å²) in [7, 11) is 0. The van der Waals surface area contributed by atoms with E-state index in [1.165, 1.54) is 6.07 Å². The molecule has 0 aromatic heterocycles. The number of rotatable bonds is 2. The number of nitrogens with zero attached hydrogens (tertiary/aromatic N) is 1. The molecule has 2 aromatic carbocycles. The molecule has 1 aliphatic rings. The van der Waals surface area contributed by atoms with E-state index in [9.17, 15) is 9.59 Å². The van der Waals surface area contributed by atoms with Gasteiger partial charge in [-0.2, -0.15) is 0 Å². The third kappa shape index (κ3) is 2.73. The fourth-order valence-electron chi connectivity index (χ4n) is 2.70. The number of hydrogen-bond donors (Lipinski definition) is 0. The van der Waals surface area contributed by atoms with Crippen LogP contribution in [0.5, 0.6) is 0 Å². The summed E-state index contributed by atoms with van der Waals surface area (Å²) in [6.45, 7) is 3.78. The van der Waals surface area contributed by atoms with Crippen LogP contribution in [-0.2, 0) is 9.59 Å². The second-order valence-electron chi connectivity index (χ2n) is 5.55. The number of anilines is 1. The zero-order chi connectivity index (χ0) is 17.6. The number of benzene rings is 2. The Morgan fingerprint density at radius 1 is 0.875 bits per heavy atom. The van der Waals surface area contributed by atoms with Crippen LogP contribution in [0.25, 0.3) is 5.57 Å². The topological polar surface area (TPSA) is 37.4 Å². The van der Waals surface area contributed by atoms with Gasteiger partial charge in [-0.25, -0.2) is 4.90 Å². The molecule has 0 fully saturated rings. The van der Waals surface area contributed by atoms with Crippen molar-refractivity contribution in [3.63, 3.8) is 0 Å². The lowest BCUT2D eigenvalue weighted by Gasteiger charge is -2.18. The van der Waals surface area contributed by atoms with Gasteiger partial charge in [-0.3, -0.25) is 9.59 Å². The minimum Gasteiger partial charge on any atom is -0.268 e. The molecular formula is C18H12Cl3NO2. The molecule has 0 N–H and O–H groups in total. The van der Waals surface area contributed by atoms with Gasteiger partial charge in [0.2, 0.25) is 0 Å². The number of halogens is 3. The van der Waals surface area contributed by atoms with Crippen molar-refractivity contribution < 1.29 is 9.59 Å². The van der Waals surface area contributed by atoms with Crippen LogP contribution in [0.2, 0.25) is 10.0 Å². The first-order valence-electron chi connectivity index (χ1n) is 7.12. The fourth-order valence-corrected chi connectivity index (χ4v) is 3.47. The van der Waals surface area contributed by atoms with Crippen LogP contribution in [0.4, 0.5) is 5.69 Å². The smallest absolute Gasteiger partial charge is 0.268 e. The van der Waals surface area contributed by atoms with Crippen molar-refractivity contribution in [1.82, 2.24) is 0 Å². The Hall–Kier alpha value is -1.81. The average molecular weight is 381 g/mol. The van der Waals surface area contributed by atoms with E-state index in [1.807, 2.05) is 26.0 Å². The van der Waals surface area contributed by atoms with Crippen LogP contribution >= 0.6 is 34.8 Å². The summed E-state index contributed by atoms with van der Waals surface area (Å²) in [5.41, 5.74) is 2.83. The number of imide groups is 1. The summed E-state index contributed by atoms with van der Waals surface area (Å²) in [4.78, 5) is 26.5. The van der Waals surface area contributed by atoms with E-state index in [0.29, 0.717) is 16.3 Å². The zero-order valence-electron chi connectivity index (χ0n) is 12.9. The molecule has 0 bridgehead atoms. The minimum absolute atomic E-state index is 0.0864. The van der Waals surface area contributed by atoms with E-state index in [1.54, 1.807) is 18.2 Å². The maximum absolute atomic E-state index is 12.9. The van der Waals surface area contributed by atoms with E-state index in [4.69, 9.17) is 34.8 Å². The lowest BCUT2D eigenvalue weighted by molar-refractivity contribution is -0.119. The number of aryl methyl sites for hydroxylation is 2. The molecular weight excluding hydrogens is 369 g/mol. The molecule has 2 amide bonds. The number of hydrogen-bond acceptors (Lipinski definition) is 2. The SMILES string of the molecule is Cc1ccc(N2C(=O)C(Cl)=C(c3ccc(Cl)cc3Cl)C2=O)c(C)c1. The van der Waals surface area contributed by atoms with Crippen LogP contribution in [0.1, 0.15) is 16.7 Å². The normalized spacial score (nSPS) is 14.8. The van der Waals surface area contributed by atoms with Gasteiger partial charge in [0, 0.05) is 10.6 Å². The third-order valence-electron chi connectivity index (χ3n) is 3.82. The second-order valence-corrected chi connectivity index (χ2v) is 6.77.